The number of amides is 1. The van der Waals surface area contributed by atoms with Crippen LogP contribution in [0.4, 0.5) is 0 Å². The second-order valence-electron chi connectivity index (χ2n) is 7.86. The molecule has 0 fully saturated rings. The highest BCUT2D eigenvalue weighted by molar-refractivity contribution is 9.10. The molecule has 0 radical (unpaired) electrons. The Morgan fingerprint density at radius 1 is 1.08 bits per heavy atom. The molecule has 4 rings (SSSR count). The molecule has 0 aliphatic rings. The largest absolute Gasteiger partial charge is 0.496 e. The molecule has 0 bridgehead atoms. The highest BCUT2D eigenvalue weighted by Crippen LogP contribution is 2.34. The van der Waals surface area contributed by atoms with Crippen molar-refractivity contribution in [1.29, 1.82) is 0 Å². The van der Waals surface area contributed by atoms with Crippen molar-refractivity contribution in [2.24, 2.45) is 0 Å². The summed E-state index contributed by atoms with van der Waals surface area (Å²) in [6.07, 6.45) is 3.19. The average Bonchev–Trinajstić information content (AvgIpc) is 2.85. The maximum absolute atomic E-state index is 12.6. The molecule has 4 aromatic rings. The van der Waals surface area contributed by atoms with Gasteiger partial charge in [0.2, 0.25) is 5.69 Å². The number of hydrogen-bond donors (Lipinski definition) is 2. The molecule has 184 valence electrons. The minimum Gasteiger partial charge on any atom is -0.496 e. The van der Waals surface area contributed by atoms with E-state index in [1.165, 1.54) is 0 Å². The number of hydrogen-bond acceptors (Lipinski definition) is 7. The fourth-order valence-corrected chi connectivity index (χ4v) is 4.05. The summed E-state index contributed by atoms with van der Waals surface area (Å²) in [5.74, 6) is 1.16. The fourth-order valence-electron chi connectivity index (χ4n) is 3.53. The number of H-pyrrole nitrogens is 1. The molecular formula is C25H22BrN5O5. The minimum atomic E-state index is -0.873. The van der Waals surface area contributed by atoms with E-state index in [4.69, 9.17) is 9.47 Å². The summed E-state index contributed by atoms with van der Waals surface area (Å²) in [6, 6.07) is 12.2. The van der Waals surface area contributed by atoms with E-state index in [1.807, 2.05) is 13.8 Å². The first-order chi connectivity index (χ1) is 17.3. The molecular weight excluding hydrogens is 530 g/mol. The van der Waals surface area contributed by atoms with Gasteiger partial charge in [0.25, 0.3) is 11.5 Å². The summed E-state index contributed by atoms with van der Waals surface area (Å²) in [5, 5.41) is 6.68. The van der Waals surface area contributed by atoms with Gasteiger partial charge in [-0.15, -0.1) is 0 Å². The van der Waals surface area contributed by atoms with Gasteiger partial charge in [-0.1, -0.05) is 0 Å². The van der Waals surface area contributed by atoms with Crippen molar-refractivity contribution >= 4 is 21.8 Å². The minimum absolute atomic E-state index is 0.174. The molecule has 1 amide bonds. The Labute approximate surface area is 214 Å². The number of halogens is 1. The number of methoxy groups -OCH3 is 1. The monoisotopic (exact) mass is 551 g/mol. The quantitative estimate of drug-likeness (QED) is 0.360. The maximum Gasteiger partial charge on any atom is 0.349 e. The molecule has 2 aromatic carbocycles. The number of aryl methyl sites for hydroxylation is 2. The zero-order valence-electron chi connectivity index (χ0n) is 19.7. The number of carbonyl (C=O) groups excluding carboxylic acids is 1. The summed E-state index contributed by atoms with van der Waals surface area (Å²) < 4.78 is 13.1. The van der Waals surface area contributed by atoms with Crippen LogP contribution in [0.1, 0.15) is 27.2 Å². The van der Waals surface area contributed by atoms with Crippen LogP contribution in [0.2, 0.25) is 0 Å². The first-order valence-corrected chi connectivity index (χ1v) is 11.6. The standard InChI is InChI=1S/C25H22BrN5O5/c1-14-10-17(11-15(2)22(14)36-18-4-5-20(35-3)19(26)12-18)31-25(34)29-24(33)21(30-31)23(32)28-13-16-6-8-27-9-7-16/h4-12H,13H2,1-3H3,(H,28,32)(H,29,33,34). The van der Waals surface area contributed by atoms with Crippen LogP contribution >= 0.6 is 15.9 Å². The number of pyridine rings is 1. The van der Waals surface area contributed by atoms with Crippen molar-refractivity contribution in [2.45, 2.75) is 20.4 Å². The second kappa shape index (κ2) is 10.6. The van der Waals surface area contributed by atoms with Crippen LogP contribution in [0.25, 0.3) is 5.69 Å². The Morgan fingerprint density at radius 2 is 1.78 bits per heavy atom. The maximum atomic E-state index is 12.6. The van der Waals surface area contributed by atoms with Gasteiger partial charge < -0.3 is 14.8 Å². The van der Waals surface area contributed by atoms with Gasteiger partial charge in [-0.2, -0.15) is 9.78 Å². The molecule has 2 heterocycles. The number of ether oxygens (including phenoxy) is 2. The lowest BCUT2D eigenvalue weighted by atomic mass is 10.1. The van der Waals surface area contributed by atoms with Gasteiger partial charge in [0.15, 0.2) is 0 Å². The van der Waals surface area contributed by atoms with Gasteiger partial charge in [0.1, 0.15) is 17.2 Å². The second-order valence-corrected chi connectivity index (χ2v) is 8.72. The van der Waals surface area contributed by atoms with E-state index in [1.54, 1.807) is 62.0 Å². The third kappa shape index (κ3) is 5.36. The van der Waals surface area contributed by atoms with Crippen LogP contribution in [0, 0.1) is 13.8 Å². The summed E-state index contributed by atoms with van der Waals surface area (Å²) in [5.41, 5.74) is 0.550. The molecule has 10 nitrogen and oxygen atoms in total. The van der Waals surface area contributed by atoms with E-state index in [0.717, 1.165) is 25.8 Å². The third-order valence-corrected chi connectivity index (χ3v) is 5.90. The Hall–Kier alpha value is -4.25. The number of rotatable bonds is 7. The van der Waals surface area contributed by atoms with E-state index < -0.39 is 22.9 Å². The lowest BCUT2D eigenvalue weighted by molar-refractivity contribution is 0.0942. The van der Waals surface area contributed by atoms with Gasteiger partial charge in [-0.3, -0.25) is 19.6 Å². The molecule has 2 aromatic heterocycles. The van der Waals surface area contributed by atoms with Crippen LogP contribution in [-0.4, -0.2) is 32.8 Å². The zero-order valence-corrected chi connectivity index (χ0v) is 21.3. The Balaban J connectivity index is 1.63. The first-order valence-electron chi connectivity index (χ1n) is 10.8. The van der Waals surface area contributed by atoms with Crippen LogP contribution in [-0.2, 0) is 6.54 Å². The van der Waals surface area contributed by atoms with Crippen LogP contribution in [0.3, 0.4) is 0 Å². The molecule has 2 N–H and O–H groups in total. The van der Waals surface area contributed by atoms with Crippen molar-refractivity contribution in [3.8, 4) is 22.9 Å². The molecule has 0 unspecified atom stereocenters. The summed E-state index contributed by atoms with van der Waals surface area (Å²) >= 11 is 3.44. The predicted octanol–water partition coefficient (Wildman–Crippen LogP) is 3.43. The molecule has 0 aliphatic heterocycles. The number of nitrogens with zero attached hydrogens (tertiary/aromatic N) is 3. The van der Waals surface area contributed by atoms with Crippen LogP contribution in [0.5, 0.6) is 17.2 Å². The van der Waals surface area contributed by atoms with E-state index in [-0.39, 0.29) is 6.54 Å². The van der Waals surface area contributed by atoms with Gasteiger partial charge >= 0.3 is 5.69 Å². The highest BCUT2D eigenvalue weighted by atomic mass is 79.9. The van der Waals surface area contributed by atoms with Crippen molar-refractivity contribution in [2.75, 3.05) is 7.11 Å². The number of aromatic nitrogens is 4. The normalized spacial score (nSPS) is 10.7. The molecule has 0 saturated carbocycles. The first kappa shape index (κ1) is 24.9. The van der Waals surface area contributed by atoms with Crippen LogP contribution < -0.4 is 26.0 Å². The number of aromatic amines is 1. The molecule has 0 spiro atoms. The SMILES string of the molecule is COc1ccc(Oc2c(C)cc(-n3nc(C(=O)NCc4ccncc4)c(=O)[nH]c3=O)cc2C)cc1Br. The topological polar surface area (TPSA) is 128 Å². The van der Waals surface area contributed by atoms with E-state index in [2.05, 4.69) is 36.3 Å². The van der Waals surface area contributed by atoms with Gasteiger partial charge in [0.05, 0.1) is 17.3 Å². The molecule has 11 heteroatoms. The molecule has 0 atom stereocenters. The molecule has 0 saturated heterocycles. The molecule has 0 aliphatic carbocycles. The number of carbonyl (C=O) groups is 1. The van der Waals surface area contributed by atoms with E-state index in [9.17, 15) is 14.4 Å². The van der Waals surface area contributed by atoms with Crippen LogP contribution in [0.15, 0.2) is 68.9 Å². The Bertz CT molecular complexity index is 1530. The van der Waals surface area contributed by atoms with Gasteiger partial charge in [-0.25, -0.2) is 4.79 Å². The Kier molecular flexibility index (Phi) is 7.30. The van der Waals surface area contributed by atoms with E-state index in [0.29, 0.717) is 22.9 Å². The lowest BCUT2D eigenvalue weighted by Gasteiger charge is -2.15. The predicted molar refractivity (Wildman–Crippen MR) is 136 cm³/mol. The summed E-state index contributed by atoms with van der Waals surface area (Å²) in [6.45, 7) is 3.82. The van der Waals surface area contributed by atoms with Crippen molar-refractivity contribution in [3.63, 3.8) is 0 Å². The fraction of sp³-hybridized carbons (Fsp3) is 0.160. The van der Waals surface area contributed by atoms with E-state index >= 15 is 0 Å². The van der Waals surface area contributed by atoms with Gasteiger partial charge in [0, 0.05) is 18.9 Å². The summed E-state index contributed by atoms with van der Waals surface area (Å²) in [7, 11) is 1.58. The van der Waals surface area contributed by atoms with Crippen molar-refractivity contribution < 1.29 is 14.3 Å². The number of benzene rings is 2. The zero-order chi connectivity index (χ0) is 25.8. The van der Waals surface area contributed by atoms with Crippen molar-refractivity contribution in [3.05, 3.63) is 103 Å². The third-order valence-electron chi connectivity index (χ3n) is 5.28. The van der Waals surface area contributed by atoms with Crippen molar-refractivity contribution in [1.82, 2.24) is 25.1 Å². The average molecular weight is 552 g/mol. The van der Waals surface area contributed by atoms with Gasteiger partial charge in [-0.05, 0) is 88.9 Å². The number of nitrogens with one attached hydrogen (secondary N) is 2. The lowest BCUT2D eigenvalue weighted by Crippen LogP contribution is -2.39. The summed E-state index contributed by atoms with van der Waals surface area (Å²) in [4.78, 5) is 43.6. The smallest absolute Gasteiger partial charge is 0.349 e. The Morgan fingerprint density at radius 3 is 2.42 bits per heavy atom. The molecule has 36 heavy (non-hydrogen) atoms. The highest BCUT2D eigenvalue weighted by Gasteiger charge is 2.18.